The van der Waals surface area contributed by atoms with Gasteiger partial charge in [0.05, 0.1) is 22.5 Å². The van der Waals surface area contributed by atoms with Gasteiger partial charge in [0.2, 0.25) is 5.91 Å². The highest BCUT2D eigenvalue weighted by Crippen LogP contribution is 2.48. The molecule has 0 saturated heterocycles. The molecule has 2 aliphatic carbocycles. The van der Waals surface area contributed by atoms with Gasteiger partial charge >= 0.3 is 5.97 Å². The maximum absolute atomic E-state index is 12.6. The highest BCUT2D eigenvalue weighted by molar-refractivity contribution is 6.34. The van der Waals surface area contributed by atoms with E-state index in [-0.39, 0.29) is 17.7 Å². The predicted molar refractivity (Wildman–Crippen MR) is 80.2 cm³/mol. The number of para-hydroxylation sites is 1. The number of carboxylic acid groups (broad SMARTS) is 1. The van der Waals surface area contributed by atoms with Gasteiger partial charge in [-0.2, -0.15) is 0 Å². The van der Waals surface area contributed by atoms with E-state index in [2.05, 4.69) is 5.32 Å². The topological polar surface area (TPSA) is 66.4 Å². The molecule has 1 fully saturated rings. The van der Waals surface area contributed by atoms with E-state index in [0.29, 0.717) is 10.7 Å². The molecule has 4 atom stereocenters. The average Bonchev–Trinajstić information content (AvgIpc) is 3.03. The van der Waals surface area contributed by atoms with Crippen LogP contribution in [-0.4, -0.2) is 17.0 Å². The quantitative estimate of drug-likeness (QED) is 0.843. The van der Waals surface area contributed by atoms with Crippen LogP contribution in [0.5, 0.6) is 0 Å². The lowest BCUT2D eigenvalue weighted by molar-refractivity contribution is -0.146. The minimum Gasteiger partial charge on any atom is -0.481 e. The summed E-state index contributed by atoms with van der Waals surface area (Å²) in [6, 6.07) is 5.38. The first-order chi connectivity index (χ1) is 9.99. The Morgan fingerprint density at radius 3 is 2.52 bits per heavy atom. The summed E-state index contributed by atoms with van der Waals surface area (Å²) in [6.07, 6.45) is 4.64. The third kappa shape index (κ3) is 2.33. The fourth-order valence-corrected chi connectivity index (χ4v) is 3.78. The van der Waals surface area contributed by atoms with E-state index < -0.39 is 17.8 Å². The van der Waals surface area contributed by atoms with E-state index in [1.54, 1.807) is 6.07 Å². The molecule has 0 unspecified atom stereocenters. The van der Waals surface area contributed by atoms with Crippen LogP contribution in [0.25, 0.3) is 0 Å². The van der Waals surface area contributed by atoms with Crippen molar-refractivity contribution in [1.82, 2.24) is 0 Å². The van der Waals surface area contributed by atoms with Gasteiger partial charge in [0.25, 0.3) is 0 Å². The first-order valence-electron chi connectivity index (χ1n) is 6.96. The molecular formula is C16H16ClNO3. The first-order valence-corrected chi connectivity index (χ1v) is 7.34. The number of aryl methyl sites for hydroxylation is 1. The molecule has 1 aromatic carbocycles. The fraction of sp³-hybridized carbons (Fsp3) is 0.375. The van der Waals surface area contributed by atoms with Crippen LogP contribution in [0, 0.1) is 30.6 Å². The Morgan fingerprint density at radius 1 is 1.24 bits per heavy atom. The van der Waals surface area contributed by atoms with Crippen molar-refractivity contribution in [3.63, 3.8) is 0 Å². The number of nitrogens with one attached hydrogen (secondary N) is 1. The number of hydrogen-bond acceptors (Lipinski definition) is 2. The Kier molecular flexibility index (Phi) is 3.49. The highest BCUT2D eigenvalue weighted by Gasteiger charge is 2.51. The Morgan fingerprint density at radius 2 is 1.90 bits per heavy atom. The minimum atomic E-state index is -0.900. The van der Waals surface area contributed by atoms with Gasteiger partial charge in [-0.05, 0) is 36.8 Å². The second-order valence-corrected chi connectivity index (χ2v) is 6.17. The fourth-order valence-electron chi connectivity index (χ4n) is 3.51. The second kappa shape index (κ2) is 5.19. The molecule has 0 heterocycles. The monoisotopic (exact) mass is 305 g/mol. The average molecular weight is 306 g/mol. The summed E-state index contributed by atoms with van der Waals surface area (Å²) >= 11 is 6.11. The van der Waals surface area contributed by atoms with E-state index in [9.17, 15) is 14.7 Å². The van der Waals surface area contributed by atoms with E-state index in [4.69, 9.17) is 11.6 Å². The van der Waals surface area contributed by atoms with Crippen molar-refractivity contribution in [2.24, 2.45) is 23.7 Å². The first kappa shape index (κ1) is 14.1. The molecule has 0 aliphatic heterocycles. The SMILES string of the molecule is Cc1cccc(Cl)c1NC(=O)[C@H]1[C@H](C(=O)O)[C@H]2C=C[C@H]1C2. The van der Waals surface area contributed by atoms with Crippen molar-refractivity contribution in [1.29, 1.82) is 0 Å². The van der Waals surface area contributed by atoms with Crippen LogP contribution in [0.1, 0.15) is 12.0 Å². The number of amides is 1. The lowest BCUT2D eigenvalue weighted by atomic mass is 9.82. The summed E-state index contributed by atoms with van der Waals surface area (Å²) in [4.78, 5) is 24.0. The van der Waals surface area contributed by atoms with Crippen LogP contribution < -0.4 is 5.32 Å². The highest BCUT2D eigenvalue weighted by atomic mass is 35.5. The van der Waals surface area contributed by atoms with Gasteiger partial charge < -0.3 is 10.4 Å². The molecule has 2 aliphatic rings. The zero-order chi connectivity index (χ0) is 15.1. The summed E-state index contributed by atoms with van der Waals surface area (Å²) in [7, 11) is 0. The number of carbonyl (C=O) groups is 2. The third-order valence-electron chi connectivity index (χ3n) is 4.52. The number of rotatable bonds is 3. The molecule has 21 heavy (non-hydrogen) atoms. The summed E-state index contributed by atoms with van der Waals surface area (Å²) in [5.41, 5.74) is 1.43. The van der Waals surface area contributed by atoms with Crippen LogP contribution in [0.4, 0.5) is 5.69 Å². The van der Waals surface area contributed by atoms with E-state index in [1.807, 2.05) is 31.2 Å². The molecule has 4 nitrogen and oxygen atoms in total. The Labute approximate surface area is 127 Å². The standard InChI is InChI=1S/C16H16ClNO3/c1-8-3-2-4-11(17)14(8)18-15(19)12-9-5-6-10(7-9)13(12)16(20)21/h2-6,9-10,12-13H,7H2,1H3,(H,18,19)(H,20,21)/t9-,10-,12+,13+/m0/s1. The number of anilines is 1. The van der Waals surface area contributed by atoms with Crippen molar-refractivity contribution in [3.05, 3.63) is 40.9 Å². The van der Waals surface area contributed by atoms with Crippen molar-refractivity contribution >= 4 is 29.2 Å². The van der Waals surface area contributed by atoms with Crippen LogP contribution >= 0.6 is 11.6 Å². The van der Waals surface area contributed by atoms with E-state index in [1.165, 1.54) is 0 Å². The molecule has 1 aromatic rings. The smallest absolute Gasteiger partial charge is 0.307 e. The number of aliphatic carboxylic acids is 1. The maximum atomic E-state index is 12.6. The van der Waals surface area contributed by atoms with Gasteiger partial charge in [-0.15, -0.1) is 0 Å². The molecule has 2 bridgehead atoms. The van der Waals surface area contributed by atoms with Crippen LogP contribution in [0.15, 0.2) is 30.4 Å². The van der Waals surface area contributed by atoms with Crippen molar-refractivity contribution < 1.29 is 14.7 Å². The Hall–Kier alpha value is -1.81. The molecule has 110 valence electrons. The summed E-state index contributed by atoms with van der Waals surface area (Å²) < 4.78 is 0. The summed E-state index contributed by atoms with van der Waals surface area (Å²) in [5.74, 6) is -2.33. The number of carboxylic acids is 1. The Balaban J connectivity index is 1.85. The third-order valence-corrected chi connectivity index (χ3v) is 4.83. The largest absolute Gasteiger partial charge is 0.481 e. The van der Waals surface area contributed by atoms with Gasteiger partial charge in [0, 0.05) is 0 Å². The van der Waals surface area contributed by atoms with E-state index in [0.717, 1.165) is 12.0 Å². The zero-order valence-electron chi connectivity index (χ0n) is 11.5. The molecular weight excluding hydrogens is 290 g/mol. The molecule has 0 radical (unpaired) electrons. The lowest BCUT2D eigenvalue weighted by Crippen LogP contribution is -2.36. The van der Waals surface area contributed by atoms with Crippen LogP contribution in [0.2, 0.25) is 5.02 Å². The van der Waals surface area contributed by atoms with Crippen LogP contribution in [0.3, 0.4) is 0 Å². The van der Waals surface area contributed by atoms with Gasteiger partial charge in [-0.1, -0.05) is 35.9 Å². The molecule has 1 saturated carbocycles. The molecule has 5 heteroatoms. The molecule has 0 spiro atoms. The number of allylic oxidation sites excluding steroid dienone is 2. The zero-order valence-corrected chi connectivity index (χ0v) is 12.3. The summed E-state index contributed by atoms with van der Waals surface area (Å²) in [5, 5.41) is 12.7. The molecule has 3 rings (SSSR count). The van der Waals surface area contributed by atoms with Gasteiger partial charge in [0.1, 0.15) is 0 Å². The van der Waals surface area contributed by atoms with Crippen molar-refractivity contribution in [2.45, 2.75) is 13.3 Å². The predicted octanol–water partition coefficient (Wildman–Crippen LogP) is 3.11. The number of benzene rings is 1. The molecule has 2 N–H and O–H groups in total. The van der Waals surface area contributed by atoms with Crippen molar-refractivity contribution in [2.75, 3.05) is 5.32 Å². The number of halogens is 1. The van der Waals surface area contributed by atoms with Gasteiger partial charge in [-0.3, -0.25) is 9.59 Å². The second-order valence-electron chi connectivity index (χ2n) is 5.76. The van der Waals surface area contributed by atoms with E-state index >= 15 is 0 Å². The maximum Gasteiger partial charge on any atom is 0.307 e. The summed E-state index contributed by atoms with van der Waals surface area (Å²) in [6.45, 7) is 1.86. The van der Waals surface area contributed by atoms with Crippen LogP contribution in [-0.2, 0) is 9.59 Å². The minimum absolute atomic E-state index is 0.0129. The number of carbonyl (C=O) groups excluding carboxylic acids is 1. The number of hydrogen-bond donors (Lipinski definition) is 2. The normalized spacial score (nSPS) is 29.6. The van der Waals surface area contributed by atoms with Gasteiger partial charge in [-0.25, -0.2) is 0 Å². The Bertz CT molecular complexity index is 620. The lowest BCUT2D eigenvalue weighted by Gasteiger charge is -2.24. The van der Waals surface area contributed by atoms with Gasteiger partial charge in [0.15, 0.2) is 0 Å². The molecule has 1 amide bonds. The number of fused-ring (bicyclic) bond motifs is 2. The van der Waals surface area contributed by atoms with Crippen molar-refractivity contribution in [3.8, 4) is 0 Å². The molecule has 0 aromatic heterocycles.